The maximum absolute atomic E-state index is 13.2. The number of para-hydroxylation sites is 2. The van der Waals surface area contributed by atoms with Crippen LogP contribution in [0, 0.1) is 5.92 Å². The summed E-state index contributed by atoms with van der Waals surface area (Å²) in [5.74, 6) is 0.324. The zero-order valence-corrected chi connectivity index (χ0v) is 18.1. The minimum absolute atomic E-state index is 0.155. The SMILES string of the molecule is CC(C)C(C(=O)NCc1nc2ccccc2n1C(C)C)n1nnc2ccccc2c1=O. The van der Waals surface area contributed by atoms with Crippen LogP contribution in [0.4, 0.5) is 0 Å². The Morgan fingerprint density at radius 3 is 2.39 bits per heavy atom. The van der Waals surface area contributed by atoms with Crippen molar-refractivity contribution >= 4 is 27.8 Å². The third kappa shape index (κ3) is 3.81. The average Bonchev–Trinajstić information content (AvgIpc) is 3.13. The molecule has 1 N–H and O–H groups in total. The van der Waals surface area contributed by atoms with E-state index in [4.69, 9.17) is 4.98 Å². The number of nitrogens with zero attached hydrogens (tertiary/aromatic N) is 5. The van der Waals surface area contributed by atoms with Crippen LogP contribution < -0.4 is 10.9 Å². The van der Waals surface area contributed by atoms with Crippen molar-refractivity contribution in [3.8, 4) is 0 Å². The topological polar surface area (TPSA) is 94.7 Å². The zero-order chi connectivity index (χ0) is 22.1. The lowest BCUT2D eigenvalue weighted by atomic mass is 10.0. The highest BCUT2D eigenvalue weighted by Gasteiger charge is 2.27. The number of hydrogen-bond donors (Lipinski definition) is 1. The van der Waals surface area contributed by atoms with Gasteiger partial charge in [-0.3, -0.25) is 9.59 Å². The fourth-order valence-corrected chi connectivity index (χ4v) is 3.95. The Labute approximate surface area is 179 Å². The lowest BCUT2D eigenvalue weighted by Gasteiger charge is -2.21. The normalized spacial score (nSPS) is 12.7. The third-order valence-corrected chi connectivity index (χ3v) is 5.36. The number of benzene rings is 2. The molecule has 8 heteroatoms. The molecule has 0 aliphatic heterocycles. The predicted molar refractivity (Wildman–Crippen MR) is 120 cm³/mol. The zero-order valence-electron chi connectivity index (χ0n) is 18.1. The van der Waals surface area contributed by atoms with E-state index in [0.717, 1.165) is 16.9 Å². The summed E-state index contributed by atoms with van der Waals surface area (Å²) in [4.78, 5) is 30.8. The second-order valence-electron chi connectivity index (χ2n) is 8.24. The standard InChI is InChI=1S/C23H26N6O2/c1-14(2)21(29-23(31)16-9-5-6-10-17(16)26-27-29)22(30)24-13-20-25-18-11-7-8-12-19(18)28(20)15(3)4/h5-12,14-15,21H,13H2,1-4H3,(H,24,30). The lowest BCUT2D eigenvalue weighted by molar-refractivity contribution is -0.126. The van der Waals surface area contributed by atoms with Gasteiger partial charge in [0.2, 0.25) is 5.91 Å². The van der Waals surface area contributed by atoms with Crippen LogP contribution in [0.5, 0.6) is 0 Å². The van der Waals surface area contributed by atoms with Crippen LogP contribution in [0.25, 0.3) is 21.9 Å². The second-order valence-corrected chi connectivity index (χ2v) is 8.24. The van der Waals surface area contributed by atoms with Crippen LogP contribution in [0.1, 0.15) is 45.6 Å². The van der Waals surface area contributed by atoms with Crippen molar-refractivity contribution in [2.24, 2.45) is 5.92 Å². The summed E-state index contributed by atoms with van der Waals surface area (Å²) < 4.78 is 3.30. The van der Waals surface area contributed by atoms with E-state index in [9.17, 15) is 9.59 Å². The van der Waals surface area contributed by atoms with E-state index in [1.54, 1.807) is 24.3 Å². The molecular weight excluding hydrogens is 392 g/mol. The Bertz CT molecular complexity index is 1300. The molecule has 4 aromatic rings. The predicted octanol–water partition coefficient (Wildman–Crippen LogP) is 3.24. The molecule has 0 fully saturated rings. The van der Waals surface area contributed by atoms with E-state index in [2.05, 4.69) is 34.0 Å². The summed E-state index contributed by atoms with van der Waals surface area (Å²) in [6, 6.07) is 14.3. The molecule has 4 rings (SSSR count). The van der Waals surface area contributed by atoms with Crippen LogP contribution in [-0.2, 0) is 11.3 Å². The molecule has 0 saturated carbocycles. The summed E-state index contributed by atoms with van der Waals surface area (Å²) in [5, 5.41) is 11.6. The molecule has 0 aliphatic rings. The van der Waals surface area contributed by atoms with Gasteiger partial charge >= 0.3 is 0 Å². The van der Waals surface area contributed by atoms with Gasteiger partial charge < -0.3 is 9.88 Å². The van der Waals surface area contributed by atoms with E-state index in [1.165, 1.54) is 4.68 Å². The van der Waals surface area contributed by atoms with E-state index >= 15 is 0 Å². The molecule has 31 heavy (non-hydrogen) atoms. The molecule has 8 nitrogen and oxygen atoms in total. The number of rotatable bonds is 6. The fraction of sp³-hybridized carbons (Fsp3) is 0.348. The molecule has 0 saturated heterocycles. The maximum Gasteiger partial charge on any atom is 0.278 e. The van der Waals surface area contributed by atoms with Crippen molar-refractivity contribution < 1.29 is 4.79 Å². The molecule has 160 valence electrons. The van der Waals surface area contributed by atoms with E-state index < -0.39 is 6.04 Å². The van der Waals surface area contributed by atoms with Crippen LogP contribution in [0.3, 0.4) is 0 Å². The van der Waals surface area contributed by atoms with Crippen LogP contribution in [0.2, 0.25) is 0 Å². The quantitative estimate of drug-likeness (QED) is 0.519. The van der Waals surface area contributed by atoms with Gasteiger partial charge in [-0.15, -0.1) is 5.10 Å². The smallest absolute Gasteiger partial charge is 0.278 e. The molecule has 0 spiro atoms. The highest BCUT2D eigenvalue weighted by atomic mass is 16.2. The highest BCUT2D eigenvalue weighted by Crippen LogP contribution is 2.21. The van der Waals surface area contributed by atoms with Gasteiger partial charge in [-0.05, 0) is 44.0 Å². The van der Waals surface area contributed by atoms with Gasteiger partial charge in [0.15, 0.2) is 0 Å². The first-order valence-corrected chi connectivity index (χ1v) is 10.5. The molecule has 0 bridgehead atoms. The number of aromatic nitrogens is 5. The lowest BCUT2D eigenvalue weighted by Crippen LogP contribution is -2.41. The van der Waals surface area contributed by atoms with Gasteiger partial charge in [-0.2, -0.15) is 4.68 Å². The van der Waals surface area contributed by atoms with Crippen molar-refractivity contribution in [1.29, 1.82) is 0 Å². The number of carbonyl (C=O) groups excluding carboxylic acids is 1. The van der Waals surface area contributed by atoms with Gasteiger partial charge in [-0.1, -0.05) is 43.3 Å². The maximum atomic E-state index is 13.2. The van der Waals surface area contributed by atoms with Crippen LogP contribution in [-0.4, -0.2) is 30.5 Å². The molecule has 1 unspecified atom stereocenters. The molecule has 2 aromatic carbocycles. The second kappa shape index (κ2) is 8.29. The van der Waals surface area contributed by atoms with E-state index in [0.29, 0.717) is 10.9 Å². The Morgan fingerprint density at radius 1 is 1.00 bits per heavy atom. The number of nitrogens with one attached hydrogen (secondary N) is 1. The summed E-state index contributed by atoms with van der Waals surface area (Å²) in [5.41, 5.74) is 2.10. The largest absolute Gasteiger partial charge is 0.347 e. The number of amides is 1. The first-order chi connectivity index (χ1) is 14.9. The van der Waals surface area contributed by atoms with Crippen molar-refractivity contribution in [1.82, 2.24) is 29.9 Å². The molecule has 2 aromatic heterocycles. The van der Waals surface area contributed by atoms with Crippen molar-refractivity contribution in [2.75, 3.05) is 0 Å². The van der Waals surface area contributed by atoms with Crippen molar-refractivity contribution in [3.05, 3.63) is 64.7 Å². The number of imidazole rings is 1. The van der Waals surface area contributed by atoms with Gasteiger partial charge in [0.25, 0.3) is 5.56 Å². The molecule has 1 atom stereocenters. The average molecular weight is 419 g/mol. The van der Waals surface area contributed by atoms with E-state index in [-0.39, 0.29) is 30.0 Å². The summed E-state index contributed by atoms with van der Waals surface area (Å²) in [7, 11) is 0. The summed E-state index contributed by atoms with van der Waals surface area (Å²) in [6.45, 7) is 8.19. The molecular formula is C23H26N6O2. The van der Waals surface area contributed by atoms with Crippen LogP contribution in [0.15, 0.2) is 53.3 Å². The molecule has 1 amide bonds. The van der Waals surface area contributed by atoms with Gasteiger partial charge in [0.05, 0.1) is 23.0 Å². The van der Waals surface area contributed by atoms with Gasteiger partial charge in [0.1, 0.15) is 17.4 Å². The van der Waals surface area contributed by atoms with Crippen LogP contribution >= 0.6 is 0 Å². The third-order valence-electron chi connectivity index (χ3n) is 5.36. The highest BCUT2D eigenvalue weighted by molar-refractivity contribution is 5.82. The number of carbonyl (C=O) groups is 1. The Balaban J connectivity index is 1.64. The summed E-state index contributed by atoms with van der Waals surface area (Å²) in [6.07, 6.45) is 0. The molecule has 0 aliphatic carbocycles. The van der Waals surface area contributed by atoms with Gasteiger partial charge in [-0.25, -0.2) is 4.98 Å². The summed E-state index contributed by atoms with van der Waals surface area (Å²) >= 11 is 0. The van der Waals surface area contributed by atoms with E-state index in [1.807, 2.05) is 38.1 Å². The first kappa shape index (κ1) is 20.7. The Morgan fingerprint density at radius 2 is 1.68 bits per heavy atom. The first-order valence-electron chi connectivity index (χ1n) is 10.5. The number of hydrogen-bond acceptors (Lipinski definition) is 5. The van der Waals surface area contributed by atoms with Crippen molar-refractivity contribution in [3.63, 3.8) is 0 Å². The minimum atomic E-state index is -0.776. The molecule has 0 radical (unpaired) electrons. The minimum Gasteiger partial charge on any atom is -0.347 e. The monoisotopic (exact) mass is 418 g/mol. The Hall–Kier alpha value is -3.55. The Kier molecular flexibility index (Phi) is 5.54. The van der Waals surface area contributed by atoms with Gasteiger partial charge in [0, 0.05) is 6.04 Å². The number of fused-ring (bicyclic) bond motifs is 2. The van der Waals surface area contributed by atoms with Crippen molar-refractivity contribution in [2.45, 2.75) is 46.3 Å². The fourth-order valence-electron chi connectivity index (χ4n) is 3.95. The molecule has 2 heterocycles.